The third-order valence-corrected chi connectivity index (χ3v) is 3.18. The molecule has 2 rings (SSSR count). The van der Waals surface area contributed by atoms with Crippen LogP contribution in [0.1, 0.15) is 46.0 Å². The second-order valence-electron chi connectivity index (χ2n) is 4.68. The predicted octanol–water partition coefficient (Wildman–Crippen LogP) is 2.24. The summed E-state index contributed by atoms with van der Waals surface area (Å²) in [6, 6.07) is 3.34. The van der Waals surface area contributed by atoms with Gasteiger partial charge in [-0.3, -0.25) is 4.98 Å². The standard InChI is InChI=1S/C14H17N3O3/c1-8(13-9(2)17-20-10(13)3)15-7-12-5-4-11(6-16-12)14(18)19/h4-6,8,15H,7H2,1-3H3,(H,18,19). The van der Waals surface area contributed by atoms with E-state index in [2.05, 4.69) is 15.5 Å². The highest BCUT2D eigenvalue weighted by atomic mass is 16.5. The number of carboxylic acid groups (broad SMARTS) is 1. The van der Waals surface area contributed by atoms with Crippen molar-refractivity contribution in [3.05, 3.63) is 46.6 Å². The van der Waals surface area contributed by atoms with Crippen LogP contribution >= 0.6 is 0 Å². The van der Waals surface area contributed by atoms with Gasteiger partial charge in [-0.05, 0) is 32.9 Å². The van der Waals surface area contributed by atoms with E-state index in [1.165, 1.54) is 6.20 Å². The van der Waals surface area contributed by atoms with Gasteiger partial charge in [0.25, 0.3) is 0 Å². The Kier molecular flexibility index (Phi) is 4.14. The number of pyridine rings is 1. The summed E-state index contributed by atoms with van der Waals surface area (Å²) >= 11 is 0. The summed E-state index contributed by atoms with van der Waals surface area (Å²) in [6.45, 7) is 6.36. The molecule has 0 aliphatic carbocycles. The number of aromatic carboxylic acids is 1. The van der Waals surface area contributed by atoms with Crippen molar-refractivity contribution in [1.29, 1.82) is 0 Å². The monoisotopic (exact) mass is 275 g/mol. The minimum absolute atomic E-state index is 0.0854. The minimum atomic E-state index is -0.971. The van der Waals surface area contributed by atoms with Gasteiger partial charge in [-0.25, -0.2) is 4.79 Å². The van der Waals surface area contributed by atoms with Crippen LogP contribution < -0.4 is 5.32 Å². The van der Waals surface area contributed by atoms with Crippen molar-refractivity contribution in [3.63, 3.8) is 0 Å². The maximum atomic E-state index is 10.7. The van der Waals surface area contributed by atoms with E-state index in [4.69, 9.17) is 9.63 Å². The number of aromatic nitrogens is 2. The molecule has 0 aliphatic heterocycles. The lowest BCUT2D eigenvalue weighted by atomic mass is 10.1. The highest BCUT2D eigenvalue weighted by molar-refractivity contribution is 5.87. The normalized spacial score (nSPS) is 12.3. The predicted molar refractivity (Wildman–Crippen MR) is 72.4 cm³/mol. The molecule has 0 radical (unpaired) electrons. The SMILES string of the molecule is Cc1noc(C)c1C(C)NCc1ccc(C(=O)O)cn1. The number of rotatable bonds is 5. The summed E-state index contributed by atoms with van der Waals surface area (Å²) in [5.74, 6) is -0.169. The Morgan fingerprint density at radius 3 is 2.70 bits per heavy atom. The van der Waals surface area contributed by atoms with Gasteiger partial charge in [-0.1, -0.05) is 5.16 Å². The Balaban J connectivity index is 2.00. The summed E-state index contributed by atoms with van der Waals surface area (Å²) < 4.78 is 5.14. The molecule has 6 nitrogen and oxygen atoms in total. The molecule has 0 saturated carbocycles. The molecule has 0 saturated heterocycles. The smallest absolute Gasteiger partial charge is 0.337 e. The molecule has 0 aromatic carbocycles. The van der Waals surface area contributed by atoms with Gasteiger partial charge >= 0.3 is 5.97 Å². The molecule has 0 amide bonds. The Labute approximate surface area is 116 Å². The summed E-state index contributed by atoms with van der Waals surface area (Å²) in [4.78, 5) is 14.9. The van der Waals surface area contributed by atoms with Crippen molar-refractivity contribution in [2.75, 3.05) is 0 Å². The highest BCUT2D eigenvalue weighted by Crippen LogP contribution is 2.21. The Bertz CT molecular complexity index is 585. The van der Waals surface area contributed by atoms with E-state index in [-0.39, 0.29) is 11.6 Å². The Morgan fingerprint density at radius 1 is 1.45 bits per heavy atom. The van der Waals surface area contributed by atoms with Gasteiger partial charge in [0.2, 0.25) is 0 Å². The second-order valence-corrected chi connectivity index (χ2v) is 4.68. The van der Waals surface area contributed by atoms with Gasteiger partial charge in [-0.2, -0.15) is 0 Å². The lowest BCUT2D eigenvalue weighted by molar-refractivity contribution is 0.0696. The summed E-state index contributed by atoms with van der Waals surface area (Å²) in [5, 5.41) is 16.1. The van der Waals surface area contributed by atoms with Gasteiger partial charge in [0.05, 0.1) is 17.0 Å². The molecular formula is C14H17N3O3. The largest absolute Gasteiger partial charge is 0.478 e. The fraction of sp³-hybridized carbons (Fsp3) is 0.357. The number of carbonyl (C=O) groups is 1. The van der Waals surface area contributed by atoms with E-state index < -0.39 is 5.97 Å². The van der Waals surface area contributed by atoms with Crippen LogP contribution in [-0.2, 0) is 6.54 Å². The third kappa shape index (κ3) is 3.03. The van der Waals surface area contributed by atoms with Gasteiger partial charge in [-0.15, -0.1) is 0 Å². The van der Waals surface area contributed by atoms with E-state index in [1.54, 1.807) is 12.1 Å². The molecule has 1 unspecified atom stereocenters. The van der Waals surface area contributed by atoms with Crippen molar-refractivity contribution in [2.24, 2.45) is 0 Å². The average Bonchev–Trinajstić information content (AvgIpc) is 2.76. The van der Waals surface area contributed by atoms with Crippen molar-refractivity contribution in [1.82, 2.24) is 15.5 Å². The van der Waals surface area contributed by atoms with Crippen LogP contribution in [0, 0.1) is 13.8 Å². The number of nitrogens with zero attached hydrogens (tertiary/aromatic N) is 2. The van der Waals surface area contributed by atoms with Crippen LogP contribution in [0.25, 0.3) is 0 Å². The maximum absolute atomic E-state index is 10.7. The molecule has 1 atom stereocenters. The van der Waals surface area contributed by atoms with Crippen molar-refractivity contribution >= 4 is 5.97 Å². The summed E-state index contributed by atoms with van der Waals surface area (Å²) in [5.41, 5.74) is 2.89. The molecular weight excluding hydrogens is 258 g/mol. The molecule has 0 bridgehead atoms. The molecule has 0 aliphatic rings. The van der Waals surface area contributed by atoms with Crippen molar-refractivity contribution < 1.29 is 14.4 Å². The van der Waals surface area contributed by atoms with Crippen molar-refractivity contribution in [2.45, 2.75) is 33.4 Å². The molecule has 2 N–H and O–H groups in total. The van der Waals surface area contributed by atoms with E-state index in [1.807, 2.05) is 20.8 Å². The quantitative estimate of drug-likeness (QED) is 0.870. The molecule has 20 heavy (non-hydrogen) atoms. The van der Waals surface area contributed by atoms with Crippen LogP contribution in [0.5, 0.6) is 0 Å². The van der Waals surface area contributed by atoms with Crippen LogP contribution in [-0.4, -0.2) is 21.2 Å². The average molecular weight is 275 g/mol. The maximum Gasteiger partial charge on any atom is 0.337 e. The second kappa shape index (κ2) is 5.83. The number of nitrogens with one attached hydrogen (secondary N) is 1. The summed E-state index contributed by atoms with van der Waals surface area (Å²) in [6.07, 6.45) is 1.36. The van der Waals surface area contributed by atoms with Gasteiger partial charge in [0.1, 0.15) is 5.76 Å². The topological polar surface area (TPSA) is 88.2 Å². The highest BCUT2D eigenvalue weighted by Gasteiger charge is 2.15. The minimum Gasteiger partial charge on any atom is -0.478 e. The fourth-order valence-corrected chi connectivity index (χ4v) is 2.12. The van der Waals surface area contributed by atoms with Crippen LogP contribution in [0.4, 0.5) is 0 Å². The van der Waals surface area contributed by atoms with E-state index >= 15 is 0 Å². The van der Waals surface area contributed by atoms with Crippen LogP contribution in [0.2, 0.25) is 0 Å². The number of aryl methyl sites for hydroxylation is 2. The van der Waals surface area contributed by atoms with Crippen molar-refractivity contribution in [3.8, 4) is 0 Å². The number of hydrogen-bond acceptors (Lipinski definition) is 5. The fourth-order valence-electron chi connectivity index (χ4n) is 2.12. The first-order valence-corrected chi connectivity index (χ1v) is 6.33. The molecule has 6 heteroatoms. The molecule has 2 heterocycles. The Hall–Kier alpha value is -2.21. The zero-order valence-corrected chi connectivity index (χ0v) is 11.7. The first-order valence-electron chi connectivity index (χ1n) is 6.33. The lowest BCUT2D eigenvalue weighted by Gasteiger charge is -2.13. The molecule has 106 valence electrons. The first kappa shape index (κ1) is 14.2. The molecule has 2 aromatic rings. The third-order valence-electron chi connectivity index (χ3n) is 3.18. The van der Waals surface area contributed by atoms with Gasteiger partial charge in [0, 0.05) is 24.3 Å². The Morgan fingerprint density at radius 2 is 2.20 bits per heavy atom. The first-order chi connectivity index (χ1) is 9.49. The molecule has 0 spiro atoms. The number of hydrogen-bond donors (Lipinski definition) is 2. The lowest BCUT2D eigenvalue weighted by Crippen LogP contribution is -2.19. The van der Waals surface area contributed by atoms with E-state index in [0.29, 0.717) is 6.54 Å². The summed E-state index contributed by atoms with van der Waals surface area (Å²) in [7, 11) is 0. The van der Waals surface area contributed by atoms with Gasteiger partial charge < -0.3 is 14.9 Å². The van der Waals surface area contributed by atoms with Crippen LogP contribution in [0.3, 0.4) is 0 Å². The zero-order valence-electron chi connectivity index (χ0n) is 11.7. The molecule has 0 fully saturated rings. The van der Waals surface area contributed by atoms with Crippen LogP contribution in [0.15, 0.2) is 22.9 Å². The van der Waals surface area contributed by atoms with E-state index in [0.717, 1.165) is 22.7 Å². The molecule has 2 aromatic heterocycles. The van der Waals surface area contributed by atoms with Gasteiger partial charge in [0.15, 0.2) is 0 Å². The number of carboxylic acids is 1. The zero-order chi connectivity index (χ0) is 14.7. The van der Waals surface area contributed by atoms with E-state index in [9.17, 15) is 4.79 Å².